The van der Waals surface area contributed by atoms with Crippen molar-refractivity contribution in [2.24, 2.45) is 5.73 Å². The monoisotopic (exact) mass is 333 g/mol. The highest BCUT2D eigenvalue weighted by molar-refractivity contribution is 7.54. The maximum absolute atomic E-state index is 12.8. The van der Waals surface area contributed by atoms with Crippen molar-refractivity contribution in [3.63, 3.8) is 0 Å². The largest absolute Gasteiger partial charge is 0.334 e. The SMILES string of the molecule is COP(=O)(OC)[C@H](CN)CC(c1ccccc1)c1ccccc1. The zero-order valence-electron chi connectivity index (χ0n) is 13.6. The van der Waals surface area contributed by atoms with Gasteiger partial charge < -0.3 is 14.8 Å². The number of hydrogen-bond acceptors (Lipinski definition) is 4. The van der Waals surface area contributed by atoms with Crippen LogP contribution in [0.2, 0.25) is 0 Å². The fourth-order valence-corrected chi connectivity index (χ4v) is 4.31. The molecular formula is C18H24NO3P. The highest BCUT2D eigenvalue weighted by Gasteiger charge is 2.35. The van der Waals surface area contributed by atoms with E-state index in [2.05, 4.69) is 24.3 Å². The van der Waals surface area contributed by atoms with Crippen molar-refractivity contribution in [3.8, 4) is 0 Å². The van der Waals surface area contributed by atoms with Gasteiger partial charge in [0.1, 0.15) is 0 Å². The van der Waals surface area contributed by atoms with E-state index in [1.165, 1.54) is 14.2 Å². The zero-order chi connectivity index (χ0) is 16.7. The Balaban J connectivity index is 2.37. The average molecular weight is 333 g/mol. The van der Waals surface area contributed by atoms with Gasteiger partial charge in [-0.15, -0.1) is 0 Å². The minimum absolute atomic E-state index is 0.0876. The van der Waals surface area contributed by atoms with Gasteiger partial charge in [0.15, 0.2) is 0 Å². The standard InChI is InChI=1S/C18H24NO3P/c1-21-23(20,22-2)17(14-19)13-18(15-9-5-3-6-10-15)16-11-7-4-8-12-16/h3-12,17-18H,13-14,19H2,1-2H3/t17-/m0/s1. The molecule has 0 unspecified atom stereocenters. The van der Waals surface area contributed by atoms with Crippen LogP contribution in [0, 0.1) is 0 Å². The minimum atomic E-state index is -3.21. The summed E-state index contributed by atoms with van der Waals surface area (Å²) in [5, 5.41) is 0. The Morgan fingerprint density at radius 3 is 1.70 bits per heavy atom. The third kappa shape index (κ3) is 4.30. The van der Waals surface area contributed by atoms with Gasteiger partial charge in [-0.05, 0) is 17.5 Å². The number of nitrogens with two attached hydrogens (primary N) is 1. The van der Waals surface area contributed by atoms with Crippen LogP contribution >= 0.6 is 7.60 Å². The van der Waals surface area contributed by atoms with Crippen molar-refractivity contribution in [1.82, 2.24) is 0 Å². The molecule has 0 saturated heterocycles. The van der Waals surface area contributed by atoms with Crippen LogP contribution in [0.3, 0.4) is 0 Å². The maximum Gasteiger partial charge on any atom is 0.334 e. The van der Waals surface area contributed by atoms with Gasteiger partial charge in [0.2, 0.25) is 0 Å². The zero-order valence-corrected chi connectivity index (χ0v) is 14.5. The van der Waals surface area contributed by atoms with Gasteiger partial charge in [-0.25, -0.2) is 0 Å². The van der Waals surface area contributed by atoms with Gasteiger partial charge in [0, 0.05) is 26.7 Å². The molecule has 124 valence electrons. The lowest BCUT2D eigenvalue weighted by Crippen LogP contribution is -2.25. The Labute approximate surface area is 138 Å². The van der Waals surface area contributed by atoms with Crippen molar-refractivity contribution >= 4 is 7.60 Å². The lowest BCUT2D eigenvalue weighted by atomic mass is 9.87. The van der Waals surface area contributed by atoms with Crippen LogP contribution in [0.15, 0.2) is 60.7 Å². The molecule has 0 aliphatic heterocycles. The Kier molecular flexibility index (Phi) is 6.55. The van der Waals surface area contributed by atoms with E-state index in [4.69, 9.17) is 14.8 Å². The molecule has 5 heteroatoms. The molecular weight excluding hydrogens is 309 g/mol. The maximum atomic E-state index is 12.8. The van der Waals surface area contributed by atoms with E-state index in [0.717, 1.165) is 11.1 Å². The van der Waals surface area contributed by atoms with E-state index in [0.29, 0.717) is 6.42 Å². The first-order chi connectivity index (χ1) is 11.1. The van der Waals surface area contributed by atoms with Crippen LogP contribution in [0.4, 0.5) is 0 Å². The van der Waals surface area contributed by atoms with Crippen molar-refractivity contribution in [1.29, 1.82) is 0 Å². The third-order valence-electron chi connectivity index (χ3n) is 4.14. The van der Waals surface area contributed by atoms with Crippen molar-refractivity contribution in [2.75, 3.05) is 20.8 Å². The second-order valence-corrected chi connectivity index (χ2v) is 7.94. The molecule has 0 aliphatic rings. The Bertz CT molecular complexity index is 586. The quantitative estimate of drug-likeness (QED) is 0.741. The summed E-state index contributed by atoms with van der Waals surface area (Å²) in [6.07, 6.45) is 0.601. The lowest BCUT2D eigenvalue weighted by Gasteiger charge is -2.27. The minimum Gasteiger partial charge on any atom is -0.330 e. The molecule has 0 fully saturated rings. The van der Waals surface area contributed by atoms with Gasteiger partial charge in [0.05, 0.1) is 5.66 Å². The van der Waals surface area contributed by atoms with Crippen LogP contribution < -0.4 is 5.73 Å². The van der Waals surface area contributed by atoms with Gasteiger partial charge in [-0.2, -0.15) is 0 Å². The molecule has 1 atom stereocenters. The predicted molar refractivity (Wildman–Crippen MR) is 93.8 cm³/mol. The number of hydrogen-bond donors (Lipinski definition) is 1. The normalized spacial score (nSPS) is 13.2. The van der Waals surface area contributed by atoms with Gasteiger partial charge in [-0.3, -0.25) is 4.57 Å². The van der Waals surface area contributed by atoms with Gasteiger partial charge in [-0.1, -0.05) is 60.7 Å². The molecule has 0 amide bonds. The Morgan fingerprint density at radius 1 is 0.913 bits per heavy atom. The van der Waals surface area contributed by atoms with Crippen LogP contribution in [0.25, 0.3) is 0 Å². The molecule has 0 saturated carbocycles. The Morgan fingerprint density at radius 2 is 1.35 bits per heavy atom. The molecule has 0 aliphatic carbocycles. The predicted octanol–water partition coefficient (Wildman–Crippen LogP) is 4.02. The van der Waals surface area contributed by atoms with E-state index in [1.807, 2.05) is 36.4 Å². The molecule has 2 aromatic rings. The van der Waals surface area contributed by atoms with E-state index in [1.54, 1.807) is 0 Å². The summed E-state index contributed by atoms with van der Waals surface area (Å²) in [6.45, 7) is 0.245. The summed E-state index contributed by atoms with van der Waals surface area (Å²) in [4.78, 5) is 0. The van der Waals surface area contributed by atoms with E-state index in [-0.39, 0.29) is 18.1 Å². The molecule has 2 N–H and O–H groups in total. The fourth-order valence-electron chi connectivity index (χ4n) is 2.83. The smallest absolute Gasteiger partial charge is 0.330 e. The molecule has 0 aromatic heterocycles. The Hall–Kier alpha value is -1.45. The fraction of sp³-hybridized carbons (Fsp3) is 0.333. The van der Waals surface area contributed by atoms with E-state index >= 15 is 0 Å². The molecule has 2 rings (SSSR count). The first-order valence-electron chi connectivity index (χ1n) is 7.65. The molecule has 4 nitrogen and oxygen atoms in total. The van der Waals surface area contributed by atoms with Crippen LogP contribution in [-0.2, 0) is 13.6 Å². The van der Waals surface area contributed by atoms with E-state index < -0.39 is 7.60 Å². The van der Waals surface area contributed by atoms with Crippen molar-refractivity contribution < 1.29 is 13.6 Å². The highest BCUT2D eigenvalue weighted by atomic mass is 31.2. The lowest BCUT2D eigenvalue weighted by molar-refractivity contribution is 0.263. The van der Waals surface area contributed by atoms with Crippen LogP contribution in [0.5, 0.6) is 0 Å². The summed E-state index contributed by atoms with van der Waals surface area (Å²) in [6, 6.07) is 20.3. The molecule has 0 radical (unpaired) electrons. The van der Waals surface area contributed by atoms with Crippen LogP contribution in [0.1, 0.15) is 23.5 Å². The highest BCUT2D eigenvalue weighted by Crippen LogP contribution is 2.54. The molecule has 23 heavy (non-hydrogen) atoms. The summed E-state index contributed by atoms with van der Waals surface area (Å²) in [7, 11) is -0.392. The molecule has 2 aromatic carbocycles. The second kappa shape index (κ2) is 8.42. The topological polar surface area (TPSA) is 61.5 Å². The van der Waals surface area contributed by atoms with Gasteiger partial charge >= 0.3 is 7.60 Å². The number of rotatable bonds is 8. The van der Waals surface area contributed by atoms with Crippen LogP contribution in [-0.4, -0.2) is 26.4 Å². The van der Waals surface area contributed by atoms with Crippen molar-refractivity contribution in [3.05, 3.63) is 71.8 Å². The van der Waals surface area contributed by atoms with Crippen molar-refractivity contribution in [2.45, 2.75) is 18.0 Å². The first kappa shape index (κ1) is 17.9. The summed E-state index contributed by atoms with van der Waals surface area (Å²) in [5.74, 6) is 0.0876. The molecule has 0 bridgehead atoms. The number of benzene rings is 2. The van der Waals surface area contributed by atoms with E-state index in [9.17, 15) is 4.57 Å². The third-order valence-corrected chi connectivity index (χ3v) is 6.47. The summed E-state index contributed by atoms with van der Waals surface area (Å²) >= 11 is 0. The summed E-state index contributed by atoms with van der Waals surface area (Å²) < 4.78 is 23.1. The second-order valence-electron chi connectivity index (χ2n) is 5.40. The average Bonchev–Trinajstić information content (AvgIpc) is 2.63. The van der Waals surface area contributed by atoms with Gasteiger partial charge in [0.25, 0.3) is 0 Å². The summed E-state index contributed by atoms with van der Waals surface area (Å²) in [5.41, 5.74) is 7.85. The molecule has 0 heterocycles. The first-order valence-corrected chi connectivity index (χ1v) is 9.27. The molecule has 0 spiro atoms.